The van der Waals surface area contributed by atoms with Crippen molar-refractivity contribution < 1.29 is 76.5 Å². The lowest BCUT2D eigenvalue weighted by atomic mass is 9.31. The van der Waals surface area contributed by atoms with Crippen LogP contribution in [-0.4, -0.2) is 121 Å². The minimum Gasteiger partial charge on any atom is -0.453 e. The molecule has 0 radical (unpaired) electrons. The van der Waals surface area contributed by atoms with Crippen LogP contribution in [0.4, 0.5) is 9.59 Å². The average molecular weight is 876 g/mol. The molecule has 63 heavy (non-hydrogen) atoms. The van der Waals surface area contributed by atoms with E-state index in [-0.39, 0.29) is 36.2 Å². The Morgan fingerprint density at radius 3 is 2.16 bits per heavy atom. The molecule has 9 rings (SSSR count). The number of Topliss-reactive ketones (excluding diaryl/α,β-unsaturated/α-hetero) is 1. The normalized spacial score (nSPS) is 37.0. The fourth-order valence-electron chi connectivity index (χ4n) is 12.0. The first-order chi connectivity index (χ1) is 29.7. The molecule has 1 amide bonds. The maximum atomic E-state index is 15.8. The SMILES string of the molecule is CO[C@H]1C(=O)[C@]2(C)[C@@H](OC)C[C@H]3OC[C@@]3(OC(C)=O)[C@H]2[C@]2(OC(=O)c3ccccc3)C[C@@]3(C)C1=C(C)[C@@H](OC(=O)[C@H](O)[C@@H](NC(=O)OC(C)(C)C)c1ccccc1)[C@@H]1OC(=O)O[C@@]132. The third-order valence-electron chi connectivity index (χ3n) is 14.2. The predicted octanol–water partition coefficient (Wildman–Crippen LogP) is 4.47. The molecule has 2 saturated heterocycles. The second-order valence-electron chi connectivity index (χ2n) is 18.7. The number of carbonyl (C=O) groups excluding carboxylic acids is 6. The Morgan fingerprint density at radius 1 is 0.937 bits per heavy atom. The number of hydrogen-bond donors (Lipinski definition) is 2. The van der Waals surface area contributed by atoms with E-state index in [4.69, 9.17) is 42.6 Å². The van der Waals surface area contributed by atoms with E-state index >= 15 is 4.79 Å². The van der Waals surface area contributed by atoms with Crippen LogP contribution in [0.25, 0.3) is 0 Å². The van der Waals surface area contributed by atoms with Crippen LogP contribution in [0.5, 0.6) is 0 Å². The van der Waals surface area contributed by atoms with Crippen LogP contribution in [0.3, 0.4) is 0 Å². The van der Waals surface area contributed by atoms with Crippen molar-refractivity contribution in [3.05, 3.63) is 82.9 Å². The van der Waals surface area contributed by atoms with Crippen LogP contribution in [0, 0.1) is 16.7 Å². The molecule has 2 aromatic rings. The molecule has 13 atom stereocenters. The molecule has 0 unspecified atom stereocenters. The average Bonchev–Trinajstić information content (AvgIpc) is 3.61. The number of nitrogens with one attached hydrogen (secondary N) is 1. The molecule has 2 aliphatic heterocycles. The highest BCUT2D eigenvalue weighted by Crippen LogP contribution is 2.79. The lowest BCUT2D eigenvalue weighted by molar-refractivity contribution is -0.403. The molecule has 7 aliphatic rings. The number of rotatable bonds is 10. The maximum Gasteiger partial charge on any atom is 0.509 e. The number of aliphatic hydroxyl groups is 1. The predicted molar refractivity (Wildman–Crippen MR) is 216 cm³/mol. The Hall–Kier alpha value is -5.36. The van der Waals surface area contributed by atoms with Gasteiger partial charge < -0.3 is 53.1 Å². The summed E-state index contributed by atoms with van der Waals surface area (Å²) in [4.78, 5) is 85.3. The van der Waals surface area contributed by atoms with Crippen LogP contribution in [-0.2, 0) is 57.0 Å². The Bertz CT molecular complexity index is 2260. The van der Waals surface area contributed by atoms with Gasteiger partial charge in [0.15, 0.2) is 35.3 Å². The van der Waals surface area contributed by atoms with E-state index in [9.17, 15) is 29.1 Å². The highest BCUT2D eigenvalue weighted by Gasteiger charge is 2.95. The summed E-state index contributed by atoms with van der Waals surface area (Å²) in [6, 6.07) is 14.8. The van der Waals surface area contributed by atoms with Crippen molar-refractivity contribution in [1.29, 1.82) is 0 Å². The van der Waals surface area contributed by atoms with Gasteiger partial charge in [-0.2, -0.15) is 0 Å². The molecule has 338 valence electrons. The standard InChI is InChI=1S/C46H53NO16/c1-23-29-33(56-9)34(50)43(7)27(55-8)20-28-44(22-57-28,60-24(2)48)38(43)45(61-36(51)26-18-14-11-15-19-26)21-42(29,6)46(45)35(59-40(54)63-46)32(23)58-37(52)31(49)30(25-16-12-10-13-17-25)47-39(53)62-41(3,4)5/h10-19,27-28,30-33,35,38,49H,20-22H2,1-9H3,(H,47,53)/t27-,28+,30-,31+,32+,33+,35-,38-,42-,43-,44-,45+,46-/m0/s1. The topological polar surface area (TPSA) is 218 Å². The molecule has 1 spiro atoms. The molecule has 17 nitrogen and oxygen atoms in total. The van der Waals surface area contributed by atoms with Gasteiger partial charge in [-0.15, -0.1) is 0 Å². The van der Waals surface area contributed by atoms with Crippen LogP contribution in [0.2, 0.25) is 0 Å². The summed E-state index contributed by atoms with van der Waals surface area (Å²) in [5.41, 5.74) is -9.06. The van der Waals surface area contributed by atoms with E-state index in [0.717, 1.165) is 0 Å². The molecular weight excluding hydrogens is 822 g/mol. The summed E-state index contributed by atoms with van der Waals surface area (Å²) < 4.78 is 55.7. The third-order valence-corrected chi connectivity index (χ3v) is 14.2. The van der Waals surface area contributed by atoms with E-state index in [1.165, 1.54) is 33.3 Å². The van der Waals surface area contributed by atoms with Crippen molar-refractivity contribution in [1.82, 2.24) is 5.32 Å². The van der Waals surface area contributed by atoms with E-state index in [0.29, 0.717) is 5.56 Å². The van der Waals surface area contributed by atoms with E-state index < -0.39 is 118 Å². The molecule has 6 fully saturated rings. The zero-order chi connectivity index (χ0) is 45.7. The molecule has 4 bridgehead atoms. The van der Waals surface area contributed by atoms with E-state index in [1.807, 2.05) is 0 Å². The number of methoxy groups -OCH3 is 2. The first-order valence-corrected chi connectivity index (χ1v) is 20.9. The van der Waals surface area contributed by atoms with Crippen molar-refractivity contribution >= 4 is 35.9 Å². The Morgan fingerprint density at radius 2 is 1.59 bits per heavy atom. The molecule has 4 saturated carbocycles. The highest BCUT2D eigenvalue weighted by atomic mass is 16.8. The van der Waals surface area contributed by atoms with Gasteiger partial charge >= 0.3 is 30.2 Å². The summed E-state index contributed by atoms with van der Waals surface area (Å²) in [7, 11) is 2.76. The summed E-state index contributed by atoms with van der Waals surface area (Å²) in [5, 5.41) is 14.4. The minimum atomic E-state index is -2.13. The zero-order valence-electron chi connectivity index (χ0n) is 36.6. The van der Waals surface area contributed by atoms with Gasteiger partial charge in [-0.1, -0.05) is 55.5 Å². The van der Waals surface area contributed by atoms with Crippen LogP contribution in [0.1, 0.15) is 83.3 Å². The van der Waals surface area contributed by atoms with Gasteiger partial charge in [0.1, 0.15) is 17.8 Å². The summed E-state index contributed by atoms with van der Waals surface area (Å²) in [5.74, 6) is -4.75. The number of benzene rings is 2. The minimum absolute atomic E-state index is 0.0850. The molecule has 2 aromatic carbocycles. The highest BCUT2D eigenvalue weighted by molar-refractivity contribution is 5.96. The van der Waals surface area contributed by atoms with Gasteiger partial charge in [0, 0.05) is 39.4 Å². The number of hydrogen-bond acceptors (Lipinski definition) is 16. The van der Waals surface area contributed by atoms with Gasteiger partial charge in [-0.05, 0) is 63.5 Å². The molecule has 2 N–H and O–H groups in total. The van der Waals surface area contributed by atoms with E-state index in [2.05, 4.69) is 5.32 Å². The van der Waals surface area contributed by atoms with E-state index in [1.54, 1.807) is 90.1 Å². The Labute approximate surface area is 364 Å². The first-order valence-electron chi connectivity index (χ1n) is 20.9. The van der Waals surface area contributed by atoms with Crippen molar-refractivity contribution in [2.24, 2.45) is 16.7 Å². The van der Waals surface area contributed by atoms with Crippen molar-refractivity contribution in [3.63, 3.8) is 0 Å². The number of aliphatic hydroxyl groups excluding tert-OH is 1. The van der Waals surface area contributed by atoms with Crippen molar-refractivity contribution in [3.8, 4) is 0 Å². The number of fused-ring (bicyclic) bond motifs is 2. The summed E-state index contributed by atoms with van der Waals surface area (Å²) >= 11 is 0. The molecular formula is C46H53NO16. The molecule has 17 heteroatoms. The monoisotopic (exact) mass is 875 g/mol. The van der Waals surface area contributed by atoms with Gasteiger partial charge in [0.25, 0.3) is 0 Å². The van der Waals surface area contributed by atoms with Crippen molar-refractivity contribution in [2.45, 2.75) is 126 Å². The number of ketones is 1. The second kappa shape index (κ2) is 15.1. The first kappa shape index (κ1) is 44.3. The Kier molecular flexibility index (Phi) is 10.6. The molecule has 2 heterocycles. The number of esters is 3. The van der Waals surface area contributed by atoms with Gasteiger partial charge in [-0.25, -0.2) is 19.2 Å². The quantitative estimate of drug-likeness (QED) is 0.191. The zero-order valence-corrected chi connectivity index (χ0v) is 36.6. The molecule has 5 aliphatic carbocycles. The van der Waals surface area contributed by atoms with Gasteiger partial charge in [-0.3, -0.25) is 9.59 Å². The fraction of sp³-hybridized carbons (Fsp3) is 0.565. The van der Waals surface area contributed by atoms with Gasteiger partial charge in [0.2, 0.25) is 5.60 Å². The maximum absolute atomic E-state index is 15.8. The smallest absolute Gasteiger partial charge is 0.453 e. The van der Waals surface area contributed by atoms with Crippen LogP contribution >= 0.6 is 0 Å². The summed E-state index contributed by atoms with van der Waals surface area (Å²) in [6.45, 7) is 10.9. The summed E-state index contributed by atoms with van der Waals surface area (Å²) in [6.07, 6.45) is -10.8. The van der Waals surface area contributed by atoms with Crippen LogP contribution < -0.4 is 5.32 Å². The van der Waals surface area contributed by atoms with Gasteiger partial charge in [0.05, 0.1) is 35.6 Å². The Balaban J connectivity index is 1.33. The fourth-order valence-corrected chi connectivity index (χ4v) is 12.0. The number of alkyl carbamates (subject to hydrolysis) is 1. The number of carbonyl (C=O) groups is 6. The largest absolute Gasteiger partial charge is 0.509 e. The molecule has 0 aromatic heterocycles. The third kappa shape index (κ3) is 6.24. The lowest BCUT2D eigenvalue weighted by Gasteiger charge is -2.77. The number of ether oxygens (including phenoxy) is 9. The van der Waals surface area contributed by atoms with Crippen LogP contribution in [0.15, 0.2) is 71.8 Å². The number of amides is 1. The lowest BCUT2D eigenvalue weighted by Crippen LogP contribution is -2.93. The van der Waals surface area contributed by atoms with Crippen molar-refractivity contribution in [2.75, 3.05) is 20.8 Å². The second-order valence-corrected chi connectivity index (χ2v) is 18.7.